The standard InChI is InChI=1S/C17H18N2O3S/c1-3-21-14-8-12-7-11(2)22-15(12)9-13(14)10-18-19-17(20)16-5-4-6-23-16/h4-6,8-11H,3,7H2,1-2H3,(H,19,20)/b18-10-/t11-/m1/s1. The zero-order chi connectivity index (χ0) is 16.2. The molecule has 23 heavy (non-hydrogen) atoms. The molecule has 0 saturated carbocycles. The zero-order valence-corrected chi connectivity index (χ0v) is 13.9. The van der Waals surface area contributed by atoms with E-state index < -0.39 is 0 Å². The maximum absolute atomic E-state index is 11.9. The Hall–Kier alpha value is -2.34. The first-order valence-electron chi connectivity index (χ1n) is 7.50. The summed E-state index contributed by atoms with van der Waals surface area (Å²) in [7, 11) is 0. The van der Waals surface area contributed by atoms with Crippen LogP contribution in [0, 0.1) is 0 Å². The van der Waals surface area contributed by atoms with Crippen LogP contribution in [0.25, 0.3) is 0 Å². The predicted octanol–water partition coefficient (Wildman–Crippen LogP) is 3.23. The van der Waals surface area contributed by atoms with Gasteiger partial charge in [-0.15, -0.1) is 11.3 Å². The van der Waals surface area contributed by atoms with E-state index in [-0.39, 0.29) is 12.0 Å². The van der Waals surface area contributed by atoms with Crippen LogP contribution in [-0.4, -0.2) is 24.8 Å². The molecule has 0 fully saturated rings. The van der Waals surface area contributed by atoms with Gasteiger partial charge in [0.15, 0.2) is 0 Å². The van der Waals surface area contributed by atoms with Crippen LogP contribution in [0.2, 0.25) is 0 Å². The van der Waals surface area contributed by atoms with Crippen LogP contribution < -0.4 is 14.9 Å². The molecular formula is C17H18N2O3S. The number of hydrogen-bond acceptors (Lipinski definition) is 5. The Labute approximate surface area is 138 Å². The minimum Gasteiger partial charge on any atom is -0.493 e. The van der Waals surface area contributed by atoms with Crippen LogP contribution in [0.5, 0.6) is 11.5 Å². The van der Waals surface area contributed by atoms with Gasteiger partial charge in [0.1, 0.15) is 17.6 Å². The highest BCUT2D eigenvalue weighted by Crippen LogP contribution is 2.34. The van der Waals surface area contributed by atoms with E-state index in [4.69, 9.17) is 9.47 Å². The zero-order valence-electron chi connectivity index (χ0n) is 13.0. The SMILES string of the molecule is CCOc1cc2c(cc1/C=N\NC(=O)c1cccs1)O[C@H](C)C2. The second kappa shape index (κ2) is 6.83. The van der Waals surface area contributed by atoms with Gasteiger partial charge in [-0.3, -0.25) is 4.79 Å². The first-order chi connectivity index (χ1) is 11.2. The fraction of sp³-hybridized carbons (Fsp3) is 0.294. The number of ether oxygens (including phenoxy) is 2. The monoisotopic (exact) mass is 330 g/mol. The summed E-state index contributed by atoms with van der Waals surface area (Å²) in [6, 6.07) is 7.48. The Balaban J connectivity index is 1.77. The van der Waals surface area contributed by atoms with Gasteiger partial charge in [0.2, 0.25) is 0 Å². The number of hydrogen-bond donors (Lipinski definition) is 1. The predicted molar refractivity (Wildman–Crippen MR) is 90.8 cm³/mol. The number of hydrazone groups is 1. The Bertz CT molecular complexity index is 726. The van der Waals surface area contributed by atoms with Crippen LogP contribution in [0.1, 0.15) is 34.6 Å². The lowest BCUT2D eigenvalue weighted by Gasteiger charge is -2.09. The third-order valence-corrected chi connectivity index (χ3v) is 4.31. The molecule has 0 unspecified atom stereocenters. The number of rotatable bonds is 5. The Morgan fingerprint density at radius 1 is 1.57 bits per heavy atom. The van der Waals surface area contributed by atoms with E-state index in [0.717, 1.165) is 29.0 Å². The average Bonchev–Trinajstić information content (AvgIpc) is 3.16. The molecule has 1 amide bonds. The van der Waals surface area contributed by atoms with Crippen LogP contribution >= 0.6 is 11.3 Å². The first kappa shape index (κ1) is 15.6. The van der Waals surface area contributed by atoms with Crippen molar-refractivity contribution in [1.29, 1.82) is 0 Å². The third-order valence-electron chi connectivity index (χ3n) is 3.44. The molecule has 120 valence electrons. The van der Waals surface area contributed by atoms with Crippen molar-refractivity contribution in [3.05, 3.63) is 45.6 Å². The van der Waals surface area contributed by atoms with Crippen LogP contribution in [-0.2, 0) is 6.42 Å². The van der Waals surface area contributed by atoms with E-state index in [1.165, 1.54) is 11.3 Å². The largest absolute Gasteiger partial charge is 0.493 e. The smallest absolute Gasteiger partial charge is 0.281 e. The molecule has 1 aliphatic rings. The van der Waals surface area contributed by atoms with Crippen molar-refractivity contribution in [2.24, 2.45) is 5.10 Å². The summed E-state index contributed by atoms with van der Waals surface area (Å²) in [6.07, 6.45) is 2.63. The highest BCUT2D eigenvalue weighted by Gasteiger charge is 2.21. The number of benzene rings is 1. The fourth-order valence-electron chi connectivity index (χ4n) is 2.46. The molecule has 1 N–H and O–H groups in total. The fourth-order valence-corrected chi connectivity index (χ4v) is 3.07. The van der Waals surface area contributed by atoms with Gasteiger partial charge in [0, 0.05) is 17.5 Å². The van der Waals surface area contributed by atoms with E-state index in [1.807, 2.05) is 37.4 Å². The van der Waals surface area contributed by atoms with Gasteiger partial charge in [-0.25, -0.2) is 5.43 Å². The van der Waals surface area contributed by atoms with Crippen molar-refractivity contribution in [2.45, 2.75) is 26.4 Å². The van der Waals surface area contributed by atoms with E-state index >= 15 is 0 Å². The summed E-state index contributed by atoms with van der Waals surface area (Å²) < 4.78 is 11.4. The van der Waals surface area contributed by atoms with Gasteiger partial charge < -0.3 is 9.47 Å². The van der Waals surface area contributed by atoms with Gasteiger partial charge in [-0.1, -0.05) is 6.07 Å². The number of amides is 1. The van der Waals surface area contributed by atoms with E-state index in [9.17, 15) is 4.79 Å². The third kappa shape index (κ3) is 3.53. The molecule has 0 radical (unpaired) electrons. The van der Waals surface area contributed by atoms with Crippen LogP contribution in [0.3, 0.4) is 0 Å². The normalized spacial score (nSPS) is 16.2. The van der Waals surface area contributed by atoms with Crippen molar-refractivity contribution in [3.63, 3.8) is 0 Å². The lowest BCUT2D eigenvalue weighted by molar-refractivity contribution is 0.0959. The van der Waals surface area contributed by atoms with Crippen LogP contribution in [0.4, 0.5) is 0 Å². The molecule has 5 nitrogen and oxygen atoms in total. The summed E-state index contributed by atoms with van der Waals surface area (Å²) in [5.74, 6) is 1.38. The van der Waals surface area contributed by atoms with E-state index in [0.29, 0.717) is 11.5 Å². The van der Waals surface area contributed by atoms with Crippen molar-refractivity contribution in [3.8, 4) is 11.5 Å². The number of fused-ring (bicyclic) bond motifs is 1. The van der Waals surface area contributed by atoms with E-state index in [2.05, 4.69) is 10.5 Å². The molecule has 2 heterocycles. The molecule has 3 rings (SSSR count). The maximum Gasteiger partial charge on any atom is 0.281 e. The number of carbonyl (C=O) groups is 1. The molecule has 1 aromatic carbocycles. The quantitative estimate of drug-likeness (QED) is 0.676. The highest BCUT2D eigenvalue weighted by atomic mass is 32.1. The second-order valence-electron chi connectivity index (χ2n) is 5.24. The molecule has 6 heteroatoms. The number of nitrogens with one attached hydrogen (secondary N) is 1. The Kier molecular flexibility index (Phi) is 4.62. The van der Waals surface area contributed by atoms with Crippen LogP contribution in [0.15, 0.2) is 34.7 Å². The van der Waals surface area contributed by atoms with Gasteiger partial charge in [-0.2, -0.15) is 5.10 Å². The summed E-state index contributed by atoms with van der Waals surface area (Å²) in [4.78, 5) is 12.5. The molecule has 1 aliphatic heterocycles. The number of thiophene rings is 1. The Morgan fingerprint density at radius 3 is 3.17 bits per heavy atom. The molecule has 0 saturated heterocycles. The molecule has 2 aromatic rings. The summed E-state index contributed by atoms with van der Waals surface area (Å²) in [5, 5.41) is 5.88. The molecule has 0 bridgehead atoms. The minimum atomic E-state index is -0.222. The van der Waals surface area contributed by atoms with Gasteiger partial charge in [-0.05, 0) is 37.4 Å². The van der Waals surface area contributed by atoms with Crippen molar-refractivity contribution in [1.82, 2.24) is 5.43 Å². The molecule has 1 atom stereocenters. The number of nitrogens with zero attached hydrogens (tertiary/aromatic N) is 1. The van der Waals surface area contributed by atoms with Crippen molar-refractivity contribution < 1.29 is 14.3 Å². The Morgan fingerprint density at radius 2 is 2.43 bits per heavy atom. The highest BCUT2D eigenvalue weighted by molar-refractivity contribution is 7.12. The number of carbonyl (C=O) groups excluding carboxylic acids is 1. The summed E-state index contributed by atoms with van der Waals surface area (Å²) in [6.45, 7) is 4.54. The lowest BCUT2D eigenvalue weighted by Crippen LogP contribution is -2.16. The first-order valence-corrected chi connectivity index (χ1v) is 8.38. The van der Waals surface area contributed by atoms with Crippen molar-refractivity contribution >= 4 is 23.5 Å². The summed E-state index contributed by atoms with van der Waals surface area (Å²) >= 11 is 1.37. The van der Waals surface area contributed by atoms with Gasteiger partial charge in [0.05, 0.1) is 17.7 Å². The summed E-state index contributed by atoms with van der Waals surface area (Å²) in [5.41, 5.74) is 4.45. The van der Waals surface area contributed by atoms with E-state index in [1.54, 1.807) is 12.3 Å². The lowest BCUT2D eigenvalue weighted by atomic mass is 10.1. The van der Waals surface area contributed by atoms with Crippen molar-refractivity contribution in [2.75, 3.05) is 6.61 Å². The molecule has 0 aliphatic carbocycles. The topological polar surface area (TPSA) is 59.9 Å². The van der Waals surface area contributed by atoms with Gasteiger partial charge in [0.25, 0.3) is 5.91 Å². The maximum atomic E-state index is 11.9. The van der Waals surface area contributed by atoms with Gasteiger partial charge >= 0.3 is 0 Å². The molecule has 1 aromatic heterocycles. The molecular weight excluding hydrogens is 312 g/mol. The average molecular weight is 330 g/mol. The minimum absolute atomic E-state index is 0.171. The second-order valence-corrected chi connectivity index (χ2v) is 6.19. The molecule has 0 spiro atoms.